The van der Waals surface area contributed by atoms with Crippen LogP contribution in [0, 0.1) is 5.92 Å². The molecule has 0 spiro atoms. The fourth-order valence-electron chi connectivity index (χ4n) is 2.75. The van der Waals surface area contributed by atoms with Crippen molar-refractivity contribution in [3.05, 3.63) is 24.2 Å². The average Bonchev–Trinajstić information content (AvgIpc) is 3.11. The Balaban J connectivity index is 1.91. The van der Waals surface area contributed by atoms with Crippen molar-refractivity contribution in [2.24, 2.45) is 10.9 Å². The highest BCUT2D eigenvalue weighted by molar-refractivity contribution is 5.84. The summed E-state index contributed by atoms with van der Waals surface area (Å²) in [5, 5.41) is 3.36. The van der Waals surface area contributed by atoms with Gasteiger partial charge < -0.3 is 24.3 Å². The van der Waals surface area contributed by atoms with Gasteiger partial charge in [0.15, 0.2) is 5.96 Å². The van der Waals surface area contributed by atoms with E-state index in [9.17, 15) is 4.79 Å². The molecule has 1 aliphatic heterocycles. The van der Waals surface area contributed by atoms with Gasteiger partial charge in [0.1, 0.15) is 12.3 Å². The number of guanidine groups is 1. The second-order valence-corrected chi connectivity index (χ2v) is 6.62. The minimum atomic E-state index is -0.00944. The van der Waals surface area contributed by atoms with Crippen LogP contribution in [0.25, 0.3) is 0 Å². The quantitative estimate of drug-likeness (QED) is 0.591. The molecule has 1 aromatic rings. The molecule has 1 saturated heterocycles. The highest BCUT2D eigenvalue weighted by Gasteiger charge is 2.18. The van der Waals surface area contributed by atoms with Crippen LogP contribution in [0.2, 0.25) is 0 Å². The van der Waals surface area contributed by atoms with E-state index in [1.165, 1.54) is 0 Å². The monoisotopic (exact) mass is 350 g/mol. The van der Waals surface area contributed by atoms with Crippen molar-refractivity contribution in [3.63, 3.8) is 0 Å². The maximum atomic E-state index is 11.9. The number of hydrogen-bond donors (Lipinski definition) is 1. The Labute approximate surface area is 150 Å². The largest absolute Gasteiger partial charge is 0.469 e. The molecule has 0 aromatic carbocycles. The van der Waals surface area contributed by atoms with Gasteiger partial charge in [0.2, 0.25) is 5.91 Å². The average molecular weight is 350 g/mol. The second-order valence-electron chi connectivity index (χ2n) is 6.62. The van der Waals surface area contributed by atoms with Gasteiger partial charge in [-0.15, -0.1) is 0 Å². The summed E-state index contributed by atoms with van der Waals surface area (Å²) in [7, 11) is 5.51. The van der Waals surface area contributed by atoms with E-state index in [4.69, 9.17) is 9.15 Å². The first kappa shape index (κ1) is 19.3. The molecule has 7 heteroatoms. The molecule has 2 rings (SSSR count). The van der Waals surface area contributed by atoms with Gasteiger partial charge in [0.25, 0.3) is 0 Å². The molecule has 25 heavy (non-hydrogen) atoms. The molecule has 1 N–H and O–H groups in total. The second kappa shape index (κ2) is 10.1. The Morgan fingerprint density at radius 3 is 2.72 bits per heavy atom. The summed E-state index contributed by atoms with van der Waals surface area (Å²) in [5.74, 6) is 2.28. The number of nitrogens with zero attached hydrogens (tertiary/aromatic N) is 3. The van der Waals surface area contributed by atoms with Crippen molar-refractivity contribution < 1.29 is 13.9 Å². The number of carbonyl (C=O) groups excluding carboxylic acids is 1. The summed E-state index contributed by atoms with van der Waals surface area (Å²) < 4.78 is 10.8. The summed E-state index contributed by atoms with van der Waals surface area (Å²) in [6.07, 6.45) is 4.59. The first-order valence-electron chi connectivity index (χ1n) is 8.86. The van der Waals surface area contributed by atoms with Gasteiger partial charge >= 0.3 is 0 Å². The number of furan rings is 1. The molecular weight excluding hydrogens is 320 g/mol. The van der Waals surface area contributed by atoms with Gasteiger partial charge in [-0.1, -0.05) is 0 Å². The van der Waals surface area contributed by atoms with E-state index in [0.717, 1.165) is 50.7 Å². The van der Waals surface area contributed by atoms with E-state index >= 15 is 0 Å². The number of amides is 1. The van der Waals surface area contributed by atoms with Crippen LogP contribution in [0.4, 0.5) is 0 Å². The summed E-state index contributed by atoms with van der Waals surface area (Å²) in [6, 6.07) is 3.84. The molecule has 1 aliphatic rings. The number of ether oxygens (including phenoxy) is 1. The van der Waals surface area contributed by atoms with Crippen molar-refractivity contribution in [2.75, 3.05) is 54.0 Å². The number of carbonyl (C=O) groups is 1. The van der Waals surface area contributed by atoms with E-state index in [1.54, 1.807) is 25.3 Å². The fourth-order valence-corrected chi connectivity index (χ4v) is 2.75. The highest BCUT2D eigenvalue weighted by atomic mass is 16.5. The lowest BCUT2D eigenvalue weighted by Gasteiger charge is -2.29. The molecule has 0 unspecified atom stereocenters. The molecule has 0 aliphatic carbocycles. The van der Waals surface area contributed by atoms with E-state index in [0.29, 0.717) is 12.5 Å². The Morgan fingerprint density at radius 2 is 2.08 bits per heavy atom. The van der Waals surface area contributed by atoms with Crippen molar-refractivity contribution in [2.45, 2.75) is 19.3 Å². The molecule has 1 aromatic heterocycles. The van der Waals surface area contributed by atoms with E-state index in [-0.39, 0.29) is 12.5 Å². The summed E-state index contributed by atoms with van der Waals surface area (Å²) in [4.78, 5) is 20.0. The predicted molar refractivity (Wildman–Crippen MR) is 97.6 cm³/mol. The SMILES string of the molecule is CN(C)C(=O)CN=C(NCCc1ccco1)N(C)CC1CCOCC1. The molecular formula is C18H30N4O3. The van der Waals surface area contributed by atoms with Crippen LogP contribution in [0.15, 0.2) is 27.8 Å². The van der Waals surface area contributed by atoms with Gasteiger partial charge in [-0.05, 0) is 30.9 Å². The standard InChI is InChI=1S/C18H30N4O3/c1-21(2)17(23)13-20-18(19-9-6-16-5-4-10-25-16)22(3)14-15-7-11-24-12-8-15/h4-5,10,15H,6-9,11-14H2,1-3H3,(H,19,20). The Kier molecular flexibility index (Phi) is 7.78. The smallest absolute Gasteiger partial charge is 0.243 e. The topological polar surface area (TPSA) is 70.3 Å². The van der Waals surface area contributed by atoms with Crippen LogP contribution in [0.3, 0.4) is 0 Å². The third-order valence-corrected chi connectivity index (χ3v) is 4.33. The lowest BCUT2D eigenvalue weighted by atomic mass is 10.00. The zero-order valence-electron chi connectivity index (χ0n) is 15.5. The fraction of sp³-hybridized carbons (Fsp3) is 0.667. The maximum Gasteiger partial charge on any atom is 0.243 e. The van der Waals surface area contributed by atoms with Crippen LogP contribution >= 0.6 is 0 Å². The van der Waals surface area contributed by atoms with Crippen LogP contribution in [-0.2, 0) is 16.0 Å². The van der Waals surface area contributed by atoms with Crippen molar-refractivity contribution in [1.82, 2.24) is 15.1 Å². The Bertz CT molecular complexity index is 537. The summed E-state index contributed by atoms with van der Waals surface area (Å²) in [5.41, 5.74) is 0. The summed E-state index contributed by atoms with van der Waals surface area (Å²) in [6.45, 7) is 3.42. The molecule has 0 bridgehead atoms. The van der Waals surface area contributed by atoms with Crippen molar-refractivity contribution in [1.29, 1.82) is 0 Å². The van der Waals surface area contributed by atoms with Gasteiger partial charge in [0.05, 0.1) is 6.26 Å². The van der Waals surface area contributed by atoms with E-state index in [2.05, 4.69) is 15.2 Å². The third-order valence-electron chi connectivity index (χ3n) is 4.33. The van der Waals surface area contributed by atoms with Crippen LogP contribution in [0.1, 0.15) is 18.6 Å². The molecule has 0 saturated carbocycles. The number of aliphatic imine (C=N–C) groups is 1. The van der Waals surface area contributed by atoms with Gasteiger partial charge in [-0.3, -0.25) is 4.79 Å². The molecule has 140 valence electrons. The third kappa shape index (κ3) is 6.78. The Morgan fingerprint density at radius 1 is 1.32 bits per heavy atom. The van der Waals surface area contributed by atoms with Crippen LogP contribution < -0.4 is 5.32 Å². The number of likely N-dealkylation sites (N-methyl/N-ethyl adjacent to an activating group) is 1. The number of hydrogen-bond acceptors (Lipinski definition) is 4. The molecule has 1 amide bonds. The highest BCUT2D eigenvalue weighted by Crippen LogP contribution is 2.15. The zero-order chi connectivity index (χ0) is 18.1. The van der Waals surface area contributed by atoms with Crippen LogP contribution in [0.5, 0.6) is 0 Å². The van der Waals surface area contributed by atoms with Crippen molar-refractivity contribution >= 4 is 11.9 Å². The van der Waals surface area contributed by atoms with Gasteiger partial charge in [0, 0.05) is 53.9 Å². The van der Waals surface area contributed by atoms with E-state index < -0.39 is 0 Å². The van der Waals surface area contributed by atoms with Gasteiger partial charge in [-0.25, -0.2) is 4.99 Å². The Hall–Kier alpha value is -2.02. The predicted octanol–water partition coefficient (Wildman–Crippen LogP) is 1.21. The van der Waals surface area contributed by atoms with E-state index in [1.807, 2.05) is 19.2 Å². The lowest BCUT2D eigenvalue weighted by molar-refractivity contribution is -0.127. The number of nitrogens with one attached hydrogen (secondary N) is 1. The molecule has 1 fully saturated rings. The lowest BCUT2D eigenvalue weighted by Crippen LogP contribution is -2.43. The minimum Gasteiger partial charge on any atom is -0.469 e. The first-order chi connectivity index (χ1) is 12.1. The first-order valence-corrected chi connectivity index (χ1v) is 8.86. The number of rotatable bonds is 7. The molecule has 7 nitrogen and oxygen atoms in total. The minimum absolute atomic E-state index is 0.00944. The summed E-state index contributed by atoms with van der Waals surface area (Å²) >= 11 is 0. The maximum absolute atomic E-state index is 11.9. The molecule has 2 heterocycles. The van der Waals surface area contributed by atoms with Crippen LogP contribution in [-0.4, -0.2) is 75.7 Å². The normalized spacial score (nSPS) is 15.9. The van der Waals surface area contributed by atoms with Gasteiger partial charge in [-0.2, -0.15) is 0 Å². The zero-order valence-corrected chi connectivity index (χ0v) is 15.5. The van der Waals surface area contributed by atoms with Crippen molar-refractivity contribution in [3.8, 4) is 0 Å². The molecule has 0 atom stereocenters. The molecule has 0 radical (unpaired) electrons.